The SMILES string of the molecule is C[NH+]1CC[NH+](CC(=O)NCCc2ccccc2F)CC1. The molecule has 0 spiro atoms. The molecule has 3 N–H and O–H groups in total. The molecule has 1 aromatic rings. The molecule has 110 valence electrons. The fraction of sp³-hybridized carbons (Fsp3) is 0.533. The van der Waals surface area contributed by atoms with Crippen molar-refractivity contribution in [2.45, 2.75) is 6.42 Å². The van der Waals surface area contributed by atoms with Gasteiger partial charge in [-0.2, -0.15) is 0 Å². The summed E-state index contributed by atoms with van der Waals surface area (Å²) in [7, 11) is 2.19. The van der Waals surface area contributed by atoms with Crippen LogP contribution in [0.1, 0.15) is 5.56 Å². The highest BCUT2D eigenvalue weighted by Crippen LogP contribution is 2.05. The average molecular weight is 281 g/mol. The summed E-state index contributed by atoms with van der Waals surface area (Å²) in [6, 6.07) is 6.71. The van der Waals surface area contributed by atoms with Crippen LogP contribution in [0.15, 0.2) is 24.3 Å². The van der Waals surface area contributed by atoms with Gasteiger partial charge in [0.1, 0.15) is 32.0 Å². The lowest BCUT2D eigenvalue weighted by atomic mass is 10.1. The smallest absolute Gasteiger partial charge is 0.275 e. The van der Waals surface area contributed by atoms with E-state index >= 15 is 0 Å². The van der Waals surface area contributed by atoms with Gasteiger partial charge < -0.3 is 15.1 Å². The topological polar surface area (TPSA) is 38.0 Å². The zero-order chi connectivity index (χ0) is 14.4. The second kappa shape index (κ2) is 7.36. The maximum absolute atomic E-state index is 13.4. The second-order valence-electron chi connectivity index (χ2n) is 5.58. The van der Waals surface area contributed by atoms with Crippen molar-refractivity contribution in [3.63, 3.8) is 0 Å². The lowest BCUT2D eigenvalue weighted by molar-refractivity contribution is -1.000. The molecule has 0 bridgehead atoms. The molecule has 0 radical (unpaired) electrons. The van der Waals surface area contributed by atoms with Gasteiger partial charge in [0.25, 0.3) is 5.91 Å². The minimum Gasteiger partial charge on any atom is -0.351 e. The Morgan fingerprint density at radius 3 is 2.65 bits per heavy atom. The van der Waals surface area contributed by atoms with Gasteiger partial charge in [-0.1, -0.05) is 18.2 Å². The van der Waals surface area contributed by atoms with Crippen molar-refractivity contribution in [3.05, 3.63) is 35.6 Å². The van der Waals surface area contributed by atoms with Crippen LogP contribution in [0, 0.1) is 5.82 Å². The minimum absolute atomic E-state index is 0.0656. The van der Waals surface area contributed by atoms with E-state index in [0.29, 0.717) is 25.1 Å². The van der Waals surface area contributed by atoms with Crippen LogP contribution in [0.25, 0.3) is 0 Å². The number of quaternary nitrogens is 2. The van der Waals surface area contributed by atoms with E-state index in [9.17, 15) is 9.18 Å². The highest BCUT2D eigenvalue weighted by atomic mass is 19.1. The Balaban J connectivity index is 1.67. The Hall–Kier alpha value is -1.46. The lowest BCUT2D eigenvalue weighted by Gasteiger charge is -2.26. The third-order valence-electron chi connectivity index (χ3n) is 3.90. The summed E-state index contributed by atoms with van der Waals surface area (Å²) in [4.78, 5) is 14.7. The van der Waals surface area contributed by atoms with E-state index in [4.69, 9.17) is 0 Å². The number of hydrogen-bond donors (Lipinski definition) is 3. The van der Waals surface area contributed by atoms with Crippen LogP contribution in [0.5, 0.6) is 0 Å². The van der Waals surface area contributed by atoms with Gasteiger partial charge in [-0.25, -0.2) is 4.39 Å². The van der Waals surface area contributed by atoms with Crippen LogP contribution >= 0.6 is 0 Å². The summed E-state index contributed by atoms with van der Waals surface area (Å²) < 4.78 is 13.4. The Labute approximate surface area is 119 Å². The minimum atomic E-state index is -0.200. The second-order valence-corrected chi connectivity index (χ2v) is 5.58. The number of nitrogens with one attached hydrogen (secondary N) is 3. The molecule has 2 rings (SSSR count). The van der Waals surface area contributed by atoms with Crippen molar-refractivity contribution in [2.75, 3.05) is 46.3 Å². The van der Waals surface area contributed by atoms with E-state index in [-0.39, 0.29) is 11.7 Å². The number of rotatable bonds is 5. The van der Waals surface area contributed by atoms with Crippen LogP contribution in [0.2, 0.25) is 0 Å². The molecule has 0 aromatic heterocycles. The van der Waals surface area contributed by atoms with Gasteiger partial charge >= 0.3 is 0 Å². The summed E-state index contributed by atoms with van der Waals surface area (Å²) >= 11 is 0. The maximum Gasteiger partial charge on any atom is 0.275 e. The van der Waals surface area contributed by atoms with Crippen molar-refractivity contribution in [1.82, 2.24) is 5.32 Å². The van der Waals surface area contributed by atoms with E-state index in [1.54, 1.807) is 12.1 Å². The van der Waals surface area contributed by atoms with Gasteiger partial charge in [0.15, 0.2) is 6.54 Å². The molecule has 0 saturated carbocycles. The molecule has 1 aliphatic heterocycles. The Bertz CT molecular complexity index is 444. The van der Waals surface area contributed by atoms with Gasteiger partial charge in [0.05, 0.1) is 7.05 Å². The molecular weight excluding hydrogens is 257 g/mol. The van der Waals surface area contributed by atoms with E-state index < -0.39 is 0 Å². The lowest BCUT2D eigenvalue weighted by Crippen LogP contribution is -3.27. The normalized spacial score (nSPS) is 22.5. The molecule has 1 fully saturated rings. The van der Waals surface area contributed by atoms with E-state index in [1.807, 2.05) is 6.07 Å². The van der Waals surface area contributed by atoms with E-state index in [2.05, 4.69) is 12.4 Å². The summed E-state index contributed by atoms with van der Waals surface area (Å²) in [5.41, 5.74) is 0.656. The Kier molecular flexibility index (Phi) is 5.49. The van der Waals surface area contributed by atoms with E-state index in [0.717, 1.165) is 26.2 Å². The Morgan fingerprint density at radius 2 is 1.95 bits per heavy atom. The molecule has 1 saturated heterocycles. The average Bonchev–Trinajstić information content (AvgIpc) is 2.43. The third kappa shape index (κ3) is 4.58. The predicted molar refractivity (Wildman–Crippen MR) is 75.3 cm³/mol. The first-order valence-corrected chi connectivity index (χ1v) is 7.30. The number of amides is 1. The van der Waals surface area contributed by atoms with Crippen LogP contribution in [0.3, 0.4) is 0 Å². The number of halogens is 1. The zero-order valence-corrected chi connectivity index (χ0v) is 12.0. The summed E-state index contributed by atoms with van der Waals surface area (Å²) in [5, 5.41) is 2.88. The van der Waals surface area contributed by atoms with Crippen LogP contribution in [-0.2, 0) is 11.2 Å². The van der Waals surface area contributed by atoms with Crippen molar-refractivity contribution < 1.29 is 19.0 Å². The van der Waals surface area contributed by atoms with Gasteiger partial charge in [0, 0.05) is 6.54 Å². The van der Waals surface area contributed by atoms with Crippen molar-refractivity contribution in [2.24, 2.45) is 0 Å². The monoisotopic (exact) mass is 281 g/mol. The number of piperazine rings is 1. The fourth-order valence-corrected chi connectivity index (χ4v) is 2.53. The van der Waals surface area contributed by atoms with E-state index in [1.165, 1.54) is 15.9 Å². The van der Waals surface area contributed by atoms with Gasteiger partial charge in [-0.3, -0.25) is 4.79 Å². The van der Waals surface area contributed by atoms with Crippen LogP contribution in [0.4, 0.5) is 4.39 Å². The highest BCUT2D eigenvalue weighted by molar-refractivity contribution is 5.76. The first-order valence-electron chi connectivity index (χ1n) is 7.30. The largest absolute Gasteiger partial charge is 0.351 e. The predicted octanol–water partition coefficient (Wildman–Crippen LogP) is -2.10. The van der Waals surface area contributed by atoms with Crippen molar-refractivity contribution in [1.29, 1.82) is 0 Å². The van der Waals surface area contributed by atoms with Crippen LogP contribution in [-0.4, -0.2) is 52.2 Å². The molecule has 0 atom stereocenters. The molecule has 5 heteroatoms. The molecule has 1 aliphatic rings. The molecule has 1 amide bonds. The van der Waals surface area contributed by atoms with Gasteiger partial charge in [-0.15, -0.1) is 0 Å². The highest BCUT2D eigenvalue weighted by Gasteiger charge is 2.21. The molecule has 4 nitrogen and oxygen atoms in total. The number of carbonyl (C=O) groups excluding carboxylic acids is 1. The molecule has 1 heterocycles. The quantitative estimate of drug-likeness (QED) is 0.568. The number of likely N-dealkylation sites (N-methyl/N-ethyl adjacent to an activating group) is 1. The summed E-state index contributed by atoms with van der Waals surface area (Å²) in [5.74, 6) is -0.134. The Morgan fingerprint density at radius 1 is 1.25 bits per heavy atom. The third-order valence-corrected chi connectivity index (χ3v) is 3.90. The van der Waals surface area contributed by atoms with Gasteiger partial charge in [0.2, 0.25) is 0 Å². The molecule has 0 unspecified atom stereocenters. The fourth-order valence-electron chi connectivity index (χ4n) is 2.53. The van der Waals surface area contributed by atoms with Crippen molar-refractivity contribution in [3.8, 4) is 0 Å². The summed E-state index contributed by atoms with van der Waals surface area (Å²) in [6.45, 7) is 5.37. The maximum atomic E-state index is 13.4. The first-order chi connectivity index (χ1) is 9.65. The molecule has 0 aliphatic carbocycles. The molecular formula is C15H24FN3O+2. The number of carbonyl (C=O) groups is 1. The molecule has 20 heavy (non-hydrogen) atoms. The van der Waals surface area contributed by atoms with Crippen molar-refractivity contribution >= 4 is 5.91 Å². The first kappa shape index (κ1) is 14.9. The number of benzene rings is 1. The van der Waals surface area contributed by atoms with Gasteiger partial charge in [-0.05, 0) is 18.1 Å². The number of hydrogen-bond acceptors (Lipinski definition) is 1. The zero-order valence-electron chi connectivity index (χ0n) is 12.0. The van der Waals surface area contributed by atoms with Crippen LogP contribution < -0.4 is 15.1 Å². The summed E-state index contributed by atoms with van der Waals surface area (Å²) in [6.07, 6.45) is 0.542. The molecule has 1 aromatic carbocycles. The standard InChI is InChI=1S/C15H22FN3O/c1-18-8-10-19(11-9-18)12-15(20)17-7-6-13-4-2-3-5-14(13)16/h2-5H,6-12H2,1H3,(H,17,20)/p+2.